The van der Waals surface area contributed by atoms with E-state index in [1.165, 1.54) is 81.9 Å². The van der Waals surface area contributed by atoms with Crippen molar-refractivity contribution >= 4 is 47.7 Å². The number of rotatable bonds is 9. The molecule has 0 aliphatic heterocycles. The summed E-state index contributed by atoms with van der Waals surface area (Å²) < 4.78 is 12.7. The van der Waals surface area contributed by atoms with Crippen molar-refractivity contribution in [3.8, 4) is 22.6 Å². The van der Waals surface area contributed by atoms with Gasteiger partial charge >= 0.3 is 0 Å². The van der Waals surface area contributed by atoms with Crippen LogP contribution in [0.4, 0.5) is 0 Å². The summed E-state index contributed by atoms with van der Waals surface area (Å²) in [5.74, 6) is 1.71. The lowest BCUT2D eigenvalue weighted by Gasteiger charge is -2.30. The van der Waals surface area contributed by atoms with Gasteiger partial charge in [-0.1, -0.05) is 130 Å². The summed E-state index contributed by atoms with van der Waals surface area (Å²) in [6.07, 6.45) is 0. The number of hydrogen-bond donors (Lipinski definition) is 0. The van der Waals surface area contributed by atoms with Crippen LogP contribution in [0.15, 0.2) is 103 Å². The Labute approximate surface area is 308 Å². The fraction of sp³-hybridized carbons (Fsp3) is 0.234. The molecular formula is C47H50O2P2. The Hall–Kier alpha value is -4.22. The maximum absolute atomic E-state index is 6.37. The second-order valence-electron chi connectivity index (χ2n) is 14.1. The Bertz CT molecular complexity index is 2140. The molecule has 0 bridgehead atoms. The summed E-state index contributed by atoms with van der Waals surface area (Å²) >= 11 is 0. The van der Waals surface area contributed by atoms with Gasteiger partial charge in [-0.2, -0.15) is 0 Å². The average molecular weight is 709 g/mol. The fourth-order valence-electron chi connectivity index (χ4n) is 7.58. The molecular weight excluding hydrogens is 658 g/mol. The first-order chi connectivity index (χ1) is 24.4. The molecule has 0 aliphatic carbocycles. The van der Waals surface area contributed by atoms with Gasteiger partial charge in [-0.05, 0) is 133 Å². The molecule has 0 aliphatic rings. The van der Waals surface area contributed by atoms with Crippen LogP contribution in [0.3, 0.4) is 0 Å². The third-order valence-electron chi connectivity index (χ3n) is 9.60. The first-order valence-corrected chi connectivity index (χ1v) is 20.3. The molecule has 0 amide bonds. The number of hydrogen-bond acceptors (Lipinski definition) is 2. The lowest BCUT2D eigenvalue weighted by atomic mass is 10.0. The van der Waals surface area contributed by atoms with Gasteiger partial charge < -0.3 is 9.47 Å². The van der Waals surface area contributed by atoms with Crippen molar-refractivity contribution in [3.63, 3.8) is 0 Å². The van der Waals surface area contributed by atoms with Gasteiger partial charge in [0, 0.05) is 11.1 Å². The lowest BCUT2D eigenvalue weighted by Crippen LogP contribution is -2.28. The quantitative estimate of drug-likeness (QED) is 0.139. The molecule has 0 N–H and O–H groups in total. The predicted octanol–water partition coefficient (Wildman–Crippen LogP) is 9.66. The molecule has 1 unspecified atom stereocenters. The van der Waals surface area contributed by atoms with Crippen LogP contribution >= 0.6 is 15.8 Å². The maximum Gasteiger partial charge on any atom is 0.127 e. The monoisotopic (exact) mass is 708 g/mol. The van der Waals surface area contributed by atoms with E-state index in [0.29, 0.717) is 0 Å². The topological polar surface area (TPSA) is 18.5 Å². The Morgan fingerprint density at radius 2 is 0.725 bits per heavy atom. The van der Waals surface area contributed by atoms with Crippen molar-refractivity contribution in [1.82, 2.24) is 0 Å². The van der Waals surface area contributed by atoms with Crippen molar-refractivity contribution in [2.45, 2.75) is 62.3 Å². The largest absolute Gasteiger partial charge is 0.496 e. The van der Waals surface area contributed by atoms with Crippen molar-refractivity contribution in [2.75, 3.05) is 14.2 Å². The molecule has 0 radical (unpaired) electrons. The normalized spacial score (nSPS) is 11.9. The Kier molecular flexibility index (Phi) is 10.9. The maximum atomic E-state index is 6.37. The molecule has 6 aromatic rings. The van der Waals surface area contributed by atoms with Crippen molar-refractivity contribution in [3.05, 3.63) is 153 Å². The molecule has 6 rings (SSSR count). The number of aryl methyl sites for hydroxylation is 8. The van der Waals surface area contributed by atoms with E-state index < -0.39 is 15.8 Å². The highest BCUT2D eigenvalue weighted by molar-refractivity contribution is 7.81. The van der Waals surface area contributed by atoms with Crippen LogP contribution in [0.1, 0.15) is 50.1 Å². The number of benzene rings is 6. The second-order valence-corrected chi connectivity index (χ2v) is 18.5. The molecule has 1 atom stereocenters. The summed E-state index contributed by atoms with van der Waals surface area (Å²) in [5, 5.41) is 7.92. The molecule has 0 aromatic heterocycles. The van der Waals surface area contributed by atoms with Gasteiger partial charge in [-0.15, -0.1) is 0 Å². The number of ether oxygens (including phenoxy) is 2. The van der Waals surface area contributed by atoms with Crippen LogP contribution in [0.25, 0.3) is 11.1 Å². The first kappa shape index (κ1) is 36.6. The fourth-order valence-corrected chi connectivity index (χ4v) is 13.5. The predicted molar refractivity (Wildman–Crippen MR) is 225 cm³/mol. The van der Waals surface area contributed by atoms with E-state index >= 15 is 0 Å². The van der Waals surface area contributed by atoms with E-state index in [1.807, 2.05) is 0 Å². The Morgan fingerprint density at radius 1 is 0.373 bits per heavy atom. The average Bonchev–Trinajstić information content (AvgIpc) is 3.05. The van der Waals surface area contributed by atoms with Gasteiger partial charge in [0.05, 0.1) is 14.2 Å². The summed E-state index contributed by atoms with van der Waals surface area (Å²) in [6.45, 7) is 20.0. The van der Waals surface area contributed by atoms with Gasteiger partial charge in [-0.25, -0.2) is 0 Å². The summed E-state index contributed by atoms with van der Waals surface area (Å²) in [6, 6.07) is 39.1. The van der Waals surface area contributed by atoms with E-state index in [0.717, 1.165) is 22.6 Å². The molecule has 51 heavy (non-hydrogen) atoms. The smallest absolute Gasteiger partial charge is 0.127 e. The van der Waals surface area contributed by atoms with Gasteiger partial charge in [0.1, 0.15) is 11.5 Å². The zero-order valence-electron chi connectivity index (χ0n) is 32.0. The number of methoxy groups -OCH3 is 2. The van der Waals surface area contributed by atoms with Crippen LogP contribution in [-0.4, -0.2) is 14.2 Å². The van der Waals surface area contributed by atoms with Crippen molar-refractivity contribution < 1.29 is 9.47 Å². The zero-order valence-corrected chi connectivity index (χ0v) is 33.8. The molecule has 0 spiro atoms. The first-order valence-electron chi connectivity index (χ1n) is 17.7. The summed E-state index contributed by atoms with van der Waals surface area (Å²) in [5.41, 5.74) is 13.8. The highest BCUT2D eigenvalue weighted by Crippen LogP contribution is 2.48. The Balaban J connectivity index is 1.77. The van der Waals surface area contributed by atoms with Crippen LogP contribution in [0.5, 0.6) is 11.5 Å². The van der Waals surface area contributed by atoms with Crippen LogP contribution in [-0.2, 0) is 0 Å². The SMILES string of the molecule is COc1cccc(P(c2cc(C)cc(C)c2)c2cc(C)cc(C)c2)c1-c1c(OC)cccc1P(c1cc(C)cc(C)c1)c1cc(C)cc(C)c1C. The summed E-state index contributed by atoms with van der Waals surface area (Å²) in [4.78, 5) is 0. The minimum atomic E-state index is -1.00. The van der Waals surface area contributed by atoms with E-state index in [-0.39, 0.29) is 0 Å². The minimum Gasteiger partial charge on any atom is -0.496 e. The van der Waals surface area contributed by atoms with E-state index in [4.69, 9.17) is 9.47 Å². The third-order valence-corrected chi connectivity index (χ3v) is 14.6. The molecule has 0 saturated carbocycles. The molecule has 0 fully saturated rings. The highest BCUT2D eigenvalue weighted by Gasteiger charge is 2.31. The zero-order chi connectivity index (χ0) is 36.6. The van der Waals surface area contributed by atoms with Crippen molar-refractivity contribution in [1.29, 1.82) is 0 Å². The van der Waals surface area contributed by atoms with E-state index in [1.54, 1.807) is 14.2 Å². The Morgan fingerprint density at radius 3 is 1.12 bits per heavy atom. The molecule has 260 valence electrons. The van der Waals surface area contributed by atoms with E-state index in [2.05, 4.69) is 165 Å². The van der Waals surface area contributed by atoms with Crippen LogP contribution in [0.2, 0.25) is 0 Å². The van der Waals surface area contributed by atoms with Crippen LogP contribution < -0.4 is 41.3 Å². The second kappa shape index (κ2) is 15.2. The minimum absolute atomic E-state index is 0.854. The summed E-state index contributed by atoms with van der Waals surface area (Å²) in [7, 11) is 1.61. The van der Waals surface area contributed by atoms with E-state index in [9.17, 15) is 0 Å². The molecule has 0 saturated heterocycles. The van der Waals surface area contributed by atoms with Gasteiger partial charge in [0.2, 0.25) is 0 Å². The molecule has 0 heterocycles. The molecule has 4 heteroatoms. The molecule has 6 aromatic carbocycles. The standard InChI is InChI=1S/C47H50O2P2/c1-29-18-30(2)23-38(22-29)50(39-24-31(3)19-32(4)25-39)43-16-12-14-41(48-10)46(43)47-42(49-11)15-13-17-44(47)51(40-26-33(5)20-34(6)27-40)45-28-35(7)21-36(8)37(45)9/h12-28H,1-11H3. The van der Waals surface area contributed by atoms with Gasteiger partial charge in [-0.3, -0.25) is 0 Å². The van der Waals surface area contributed by atoms with Gasteiger partial charge in [0.25, 0.3) is 0 Å². The van der Waals surface area contributed by atoms with Crippen molar-refractivity contribution in [2.24, 2.45) is 0 Å². The van der Waals surface area contributed by atoms with Crippen LogP contribution in [0, 0.1) is 62.3 Å². The highest BCUT2D eigenvalue weighted by atomic mass is 31.1. The third kappa shape index (κ3) is 7.55. The lowest BCUT2D eigenvalue weighted by molar-refractivity contribution is 0.411. The molecule has 2 nitrogen and oxygen atoms in total. The van der Waals surface area contributed by atoms with Gasteiger partial charge in [0.15, 0.2) is 0 Å².